The lowest BCUT2D eigenvalue weighted by atomic mass is 10.1. The van der Waals surface area contributed by atoms with E-state index in [1.165, 1.54) is 6.21 Å². The van der Waals surface area contributed by atoms with Gasteiger partial charge >= 0.3 is 17.8 Å². The quantitative estimate of drug-likeness (QED) is 0.181. The second-order valence-electron chi connectivity index (χ2n) is 6.85. The summed E-state index contributed by atoms with van der Waals surface area (Å²) in [5.41, 5.74) is 5.20. The largest absolute Gasteiger partial charge is 0.422 e. The number of carbonyl (C=O) groups excluding carboxylic acids is 3. The van der Waals surface area contributed by atoms with Gasteiger partial charge in [0.15, 0.2) is 0 Å². The highest BCUT2D eigenvalue weighted by molar-refractivity contribution is 9.10. The molecule has 0 atom stereocenters. The topological polar surface area (TPSA) is 96.9 Å². The summed E-state index contributed by atoms with van der Waals surface area (Å²) in [5, 5.41) is 6.36. The van der Waals surface area contributed by atoms with Crippen molar-refractivity contribution >= 4 is 45.6 Å². The van der Waals surface area contributed by atoms with Crippen LogP contribution in [0.3, 0.4) is 0 Å². The Bertz CT molecular complexity index is 1210. The van der Waals surface area contributed by atoms with Crippen LogP contribution in [-0.4, -0.2) is 24.0 Å². The van der Waals surface area contributed by atoms with Gasteiger partial charge in [0.05, 0.1) is 11.8 Å². The lowest BCUT2D eigenvalue weighted by Gasteiger charge is -2.09. The third kappa shape index (κ3) is 5.89. The molecule has 0 saturated heterocycles. The maximum Gasteiger partial charge on any atom is 0.343 e. The molecule has 32 heavy (non-hydrogen) atoms. The highest BCUT2D eigenvalue weighted by Gasteiger charge is 2.15. The Balaban J connectivity index is 1.69. The SMILES string of the molecule is Cc1ccccc1NC(=O)C(=O)NN=Cc1cc(Br)ccc1OC(=O)c1ccccc1C. The van der Waals surface area contributed by atoms with E-state index < -0.39 is 17.8 Å². The van der Waals surface area contributed by atoms with Gasteiger partial charge in [-0.3, -0.25) is 9.59 Å². The molecule has 0 radical (unpaired) electrons. The minimum atomic E-state index is -0.932. The first-order chi connectivity index (χ1) is 15.3. The molecule has 0 heterocycles. The molecule has 3 aromatic rings. The molecule has 0 aromatic heterocycles. The molecular weight excluding hydrogens is 474 g/mol. The first-order valence-corrected chi connectivity index (χ1v) is 10.4. The zero-order valence-electron chi connectivity index (χ0n) is 17.4. The highest BCUT2D eigenvalue weighted by Crippen LogP contribution is 2.23. The number of esters is 1. The van der Waals surface area contributed by atoms with E-state index in [0.29, 0.717) is 16.8 Å². The molecule has 8 heteroatoms. The van der Waals surface area contributed by atoms with Crippen LogP contribution in [0.1, 0.15) is 27.0 Å². The van der Waals surface area contributed by atoms with Crippen LogP contribution in [0.25, 0.3) is 0 Å². The molecule has 7 nitrogen and oxygen atoms in total. The first-order valence-electron chi connectivity index (χ1n) is 9.62. The number of anilines is 1. The fraction of sp³-hybridized carbons (Fsp3) is 0.0833. The van der Waals surface area contributed by atoms with Crippen LogP contribution < -0.4 is 15.5 Å². The standard InChI is InChI=1S/C24H20BrN3O4/c1-15-7-3-5-9-19(15)24(31)32-21-12-11-18(25)13-17(21)14-26-28-23(30)22(29)27-20-10-6-4-8-16(20)2/h3-14H,1-2H3,(H,27,29)(H,28,30). The zero-order chi connectivity index (χ0) is 23.1. The summed E-state index contributed by atoms with van der Waals surface area (Å²) in [6, 6.07) is 19.2. The number of nitrogens with zero attached hydrogens (tertiary/aromatic N) is 1. The molecule has 2 N–H and O–H groups in total. The van der Waals surface area contributed by atoms with Gasteiger partial charge in [0.2, 0.25) is 0 Å². The monoisotopic (exact) mass is 493 g/mol. The van der Waals surface area contributed by atoms with E-state index in [2.05, 4.69) is 31.8 Å². The van der Waals surface area contributed by atoms with Crippen molar-refractivity contribution in [3.8, 4) is 5.75 Å². The molecule has 0 spiro atoms. The molecule has 0 aliphatic carbocycles. The minimum Gasteiger partial charge on any atom is -0.422 e. The van der Waals surface area contributed by atoms with Crippen molar-refractivity contribution in [3.05, 3.63) is 93.5 Å². The van der Waals surface area contributed by atoms with Crippen LogP contribution in [0, 0.1) is 13.8 Å². The smallest absolute Gasteiger partial charge is 0.343 e. The van der Waals surface area contributed by atoms with Gasteiger partial charge in [0.1, 0.15) is 5.75 Å². The van der Waals surface area contributed by atoms with Gasteiger partial charge < -0.3 is 10.1 Å². The lowest BCUT2D eigenvalue weighted by molar-refractivity contribution is -0.136. The zero-order valence-corrected chi connectivity index (χ0v) is 19.0. The van der Waals surface area contributed by atoms with E-state index in [9.17, 15) is 14.4 Å². The summed E-state index contributed by atoms with van der Waals surface area (Å²) in [7, 11) is 0. The summed E-state index contributed by atoms with van der Waals surface area (Å²) < 4.78 is 6.24. The van der Waals surface area contributed by atoms with E-state index in [1.54, 1.807) is 42.5 Å². The Hall–Kier alpha value is -3.78. The van der Waals surface area contributed by atoms with Gasteiger partial charge in [-0.1, -0.05) is 52.3 Å². The molecule has 0 aliphatic rings. The fourth-order valence-electron chi connectivity index (χ4n) is 2.77. The summed E-state index contributed by atoms with van der Waals surface area (Å²) in [4.78, 5) is 36.7. The van der Waals surface area contributed by atoms with E-state index in [0.717, 1.165) is 15.6 Å². The van der Waals surface area contributed by atoms with Gasteiger partial charge in [0.25, 0.3) is 0 Å². The molecule has 162 valence electrons. The summed E-state index contributed by atoms with van der Waals surface area (Å²) >= 11 is 3.35. The van der Waals surface area contributed by atoms with Crippen molar-refractivity contribution in [2.24, 2.45) is 5.10 Å². The average molecular weight is 494 g/mol. The second kappa shape index (κ2) is 10.5. The van der Waals surface area contributed by atoms with Gasteiger partial charge in [-0.15, -0.1) is 0 Å². The molecule has 0 aliphatic heterocycles. The van der Waals surface area contributed by atoms with Crippen LogP contribution in [0.4, 0.5) is 5.69 Å². The average Bonchev–Trinajstić information content (AvgIpc) is 2.77. The molecular formula is C24H20BrN3O4. The maximum atomic E-state index is 12.5. The van der Waals surface area contributed by atoms with Crippen LogP contribution in [0.5, 0.6) is 5.75 Å². The van der Waals surface area contributed by atoms with Crippen molar-refractivity contribution in [1.29, 1.82) is 0 Å². The van der Waals surface area contributed by atoms with Gasteiger partial charge in [-0.2, -0.15) is 5.10 Å². The number of para-hydroxylation sites is 1. The number of aryl methyl sites for hydroxylation is 2. The number of rotatable bonds is 5. The molecule has 0 unspecified atom stereocenters. The van der Waals surface area contributed by atoms with Crippen molar-refractivity contribution in [2.45, 2.75) is 13.8 Å². The molecule has 3 aromatic carbocycles. The van der Waals surface area contributed by atoms with Crippen molar-refractivity contribution in [3.63, 3.8) is 0 Å². The molecule has 3 rings (SSSR count). The number of hydrogen-bond donors (Lipinski definition) is 2. The third-order valence-electron chi connectivity index (χ3n) is 4.51. The summed E-state index contributed by atoms with van der Waals surface area (Å²) in [6.45, 7) is 3.64. The van der Waals surface area contributed by atoms with E-state index >= 15 is 0 Å². The number of carbonyl (C=O) groups is 3. The number of benzene rings is 3. The van der Waals surface area contributed by atoms with Crippen LogP contribution in [-0.2, 0) is 9.59 Å². The molecule has 2 amide bonds. The Morgan fingerprint density at radius 2 is 1.59 bits per heavy atom. The first kappa shape index (κ1) is 22.9. The number of ether oxygens (including phenoxy) is 1. The predicted octanol–water partition coefficient (Wildman–Crippen LogP) is 4.37. The maximum absolute atomic E-state index is 12.5. The van der Waals surface area contributed by atoms with Crippen molar-refractivity contribution < 1.29 is 19.1 Å². The van der Waals surface area contributed by atoms with Crippen LogP contribution in [0.15, 0.2) is 76.3 Å². The summed E-state index contributed by atoms with van der Waals surface area (Å²) in [6.07, 6.45) is 1.30. The number of halogens is 1. The van der Waals surface area contributed by atoms with Crippen LogP contribution in [0.2, 0.25) is 0 Å². The minimum absolute atomic E-state index is 0.254. The van der Waals surface area contributed by atoms with Crippen molar-refractivity contribution in [2.75, 3.05) is 5.32 Å². The van der Waals surface area contributed by atoms with Gasteiger partial charge in [0, 0.05) is 15.7 Å². The molecule has 0 saturated carbocycles. The lowest BCUT2D eigenvalue weighted by Crippen LogP contribution is -2.32. The Labute approximate surface area is 193 Å². The van der Waals surface area contributed by atoms with Gasteiger partial charge in [-0.25, -0.2) is 10.2 Å². The Kier molecular flexibility index (Phi) is 7.51. The number of amides is 2. The molecule has 0 bridgehead atoms. The summed E-state index contributed by atoms with van der Waals surface area (Å²) in [5.74, 6) is -2.04. The predicted molar refractivity (Wildman–Crippen MR) is 126 cm³/mol. The number of nitrogens with one attached hydrogen (secondary N) is 2. The van der Waals surface area contributed by atoms with Crippen molar-refractivity contribution in [1.82, 2.24) is 5.43 Å². The second-order valence-corrected chi connectivity index (χ2v) is 7.77. The highest BCUT2D eigenvalue weighted by atomic mass is 79.9. The number of hydrogen-bond acceptors (Lipinski definition) is 5. The van der Waals surface area contributed by atoms with E-state index in [1.807, 2.05) is 38.1 Å². The Morgan fingerprint density at radius 3 is 2.31 bits per heavy atom. The fourth-order valence-corrected chi connectivity index (χ4v) is 3.15. The van der Waals surface area contributed by atoms with E-state index in [4.69, 9.17) is 4.74 Å². The van der Waals surface area contributed by atoms with Gasteiger partial charge in [-0.05, 0) is 55.3 Å². The number of hydrazone groups is 1. The van der Waals surface area contributed by atoms with E-state index in [-0.39, 0.29) is 5.75 Å². The third-order valence-corrected chi connectivity index (χ3v) is 5.00. The normalized spacial score (nSPS) is 10.6. The molecule has 0 fully saturated rings. The Morgan fingerprint density at radius 1 is 0.906 bits per heavy atom. The van der Waals surface area contributed by atoms with Crippen LogP contribution >= 0.6 is 15.9 Å².